The second-order valence-corrected chi connectivity index (χ2v) is 9.95. The quantitative estimate of drug-likeness (QED) is 0.174. The Morgan fingerprint density at radius 2 is 1.92 bits per heavy atom. The van der Waals surface area contributed by atoms with Crippen LogP contribution < -0.4 is 4.74 Å². The van der Waals surface area contributed by atoms with Crippen LogP contribution in [-0.2, 0) is 12.8 Å². The van der Waals surface area contributed by atoms with Crippen molar-refractivity contribution in [3.63, 3.8) is 0 Å². The largest absolute Gasteiger partial charge is 0.482 e. The number of halogens is 3. The summed E-state index contributed by atoms with van der Waals surface area (Å²) < 4.78 is 47.7. The summed E-state index contributed by atoms with van der Waals surface area (Å²) in [6, 6.07) is 13.0. The van der Waals surface area contributed by atoms with Crippen LogP contribution in [-0.4, -0.2) is 29.5 Å². The van der Waals surface area contributed by atoms with Crippen LogP contribution in [0.1, 0.15) is 22.4 Å². The maximum atomic E-state index is 13.3. The van der Waals surface area contributed by atoms with E-state index in [2.05, 4.69) is 20.1 Å². The lowest BCUT2D eigenvalue weighted by Crippen LogP contribution is -2.07. The molecule has 196 valence electrons. The lowest BCUT2D eigenvalue weighted by molar-refractivity contribution is -0.386. The first-order chi connectivity index (χ1) is 18.6. The van der Waals surface area contributed by atoms with Crippen LogP contribution >= 0.6 is 11.3 Å². The van der Waals surface area contributed by atoms with E-state index in [4.69, 9.17) is 4.74 Å². The predicted octanol–water partition coefficient (Wildman–Crippen LogP) is 6.68. The molecule has 0 spiro atoms. The van der Waals surface area contributed by atoms with E-state index < -0.39 is 16.8 Å². The van der Waals surface area contributed by atoms with Gasteiger partial charge in [-0.2, -0.15) is 13.2 Å². The van der Waals surface area contributed by atoms with Crippen molar-refractivity contribution in [2.75, 3.05) is 0 Å². The Labute approximate surface area is 221 Å². The number of thiophene rings is 1. The number of hydrogen-bond donors (Lipinski definition) is 0. The van der Waals surface area contributed by atoms with Gasteiger partial charge >= 0.3 is 11.9 Å². The van der Waals surface area contributed by atoms with Crippen molar-refractivity contribution in [3.8, 4) is 17.1 Å². The molecule has 6 aromatic rings. The monoisotopic (exact) mass is 550 g/mol. The van der Waals surface area contributed by atoms with Crippen LogP contribution in [0.25, 0.3) is 37.5 Å². The average Bonchev–Trinajstić information content (AvgIpc) is 3.49. The van der Waals surface area contributed by atoms with E-state index in [-0.39, 0.29) is 22.9 Å². The molecular weight excluding hydrogens is 533 g/mol. The summed E-state index contributed by atoms with van der Waals surface area (Å²) in [5.74, 6) is 0.545. The molecule has 0 radical (unpaired) electrons. The fourth-order valence-corrected chi connectivity index (χ4v) is 5.51. The van der Waals surface area contributed by atoms with Crippen LogP contribution in [0, 0.1) is 24.0 Å². The van der Waals surface area contributed by atoms with Crippen molar-refractivity contribution < 1.29 is 22.8 Å². The van der Waals surface area contributed by atoms with Crippen LogP contribution in [0.5, 0.6) is 5.75 Å². The van der Waals surface area contributed by atoms with Crippen LogP contribution in [0.2, 0.25) is 0 Å². The Morgan fingerprint density at radius 3 is 2.69 bits per heavy atom. The van der Waals surface area contributed by atoms with Crippen molar-refractivity contribution in [2.24, 2.45) is 0 Å². The summed E-state index contributed by atoms with van der Waals surface area (Å²) >= 11 is 1.09. The van der Waals surface area contributed by atoms with E-state index >= 15 is 0 Å². The highest BCUT2D eigenvalue weighted by Crippen LogP contribution is 2.39. The van der Waals surface area contributed by atoms with Gasteiger partial charge in [-0.05, 0) is 48.7 Å². The maximum Gasteiger partial charge on any atom is 0.433 e. The molecule has 6 rings (SSSR count). The van der Waals surface area contributed by atoms with Crippen molar-refractivity contribution in [1.82, 2.24) is 24.6 Å². The van der Waals surface area contributed by atoms with Gasteiger partial charge < -0.3 is 4.74 Å². The number of aryl methyl sites for hydroxylation is 2. The Hall–Kier alpha value is -4.65. The number of pyridine rings is 1. The third-order valence-corrected chi connectivity index (χ3v) is 7.21. The first kappa shape index (κ1) is 24.7. The Morgan fingerprint density at radius 1 is 1.10 bits per heavy atom. The summed E-state index contributed by atoms with van der Waals surface area (Å²) in [6.07, 6.45) is -3.08. The first-order valence-corrected chi connectivity index (χ1v) is 12.4. The summed E-state index contributed by atoms with van der Waals surface area (Å²) in [5.41, 5.74) is 2.49. The number of nitro groups is 1. The second-order valence-electron chi connectivity index (χ2n) is 8.95. The van der Waals surface area contributed by atoms with Gasteiger partial charge in [-0.15, -0.1) is 16.4 Å². The standard InChI is InChI=1S/C26H17F3N6O3S/c1-13-6-7-18(17(8-13)35(36)37)38-11-15-4-3-5-16(10-15)23-32-24-22-21(30-12-34(24)33-23)20-14(2)9-19(26(27,28)29)31-25(20)39-22/h3-10,12H,11H2,1-2H3. The van der Waals surface area contributed by atoms with Gasteiger partial charge in [0.15, 0.2) is 17.2 Å². The maximum absolute atomic E-state index is 13.3. The van der Waals surface area contributed by atoms with Gasteiger partial charge in [-0.1, -0.05) is 24.3 Å². The van der Waals surface area contributed by atoms with Crippen LogP contribution in [0.15, 0.2) is 54.9 Å². The highest BCUT2D eigenvalue weighted by Gasteiger charge is 2.33. The molecule has 0 unspecified atom stereocenters. The van der Waals surface area contributed by atoms with E-state index in [1.165, 1.54) is 16.9 Å². The zero-order chi connectivity index (χ0) is 27.5. The van der Waals surface area contributed by atoms with Crippen molar-refractivity contribution in [1.29, 1.82) is 0 Å². The minimum Gasteiger partial charge on any atom is -0.482 e. The van der Waals surface area contributed by atoms with Crippen LogP contribution in [0.3, 0.4) is 0 Å². The van der Waals surface area contributed by atoms with E-state index in [1.807, 2.05) is 18.2 Å². The number of rotatable bonds is 5. The predicted molar refractivity (Wildman–Crippen MR) is 139 cm³/mol. The normalized spacial score (nSPS) is 12.0. The topological polar surface area (TPSA) is 108 Å². The number of ether oxygens (including phenoxy) is 1. The van der Waals surface area contributed by atoms with E-state index in [0.717, 1.165) is 28.5 Å². The highest BCUT2D eigenvalue weighted by molar-refractivity contribution is 7.26. The first-order valence-electron chi connectivity index (χ1n) is 11.6. The molecule has 39 heavy (non-hydrogen) atoms. The molecule has 0 aliphatic rings. The number of benzene rings is 2. The highest BCUT2D eigenvalue weighted by atomic mass is 32.1. The minimum absolute atomic E-state index is 0.0830. The lowest BCUT2D eigenvalue weighted by atomic mass is 10.1. The molecule has 9 nitrogen and oxygen atoms in total. The molecule has 0 bridgehead atoms. The van der Waals surface area contributed by atoms with Crippen molar-refractivity contribution >= 4 is 43.1 Å². The van der Waals surface area contributed by atoms with Crippen molar-refractivity contribution in [3.05, 3.63) is 87.4 Å². The number of nitro benzene ring substituents is 1. The summed E-state index contributed by atoms with van der Waals surface area (Å²) in [4.78, 5) is 24.1. The second kappa shape index (κ2) is 8.98. The molecule has 4 aromatic heterocycles. The fraction of sp³-hybridized carbons (Fsp3) is 0.154. The summed E-state index contributed by atoms with van der Waals surface area (Å²) in [7, 11) is 0. The minimum atomic E-state index is -4.56. The molecular formula is C26H17F3N6O3S. The molecule has 0 atom stereocenters. The number of alkyl halides is 3. The van der Waals surface area contributed by atoms with E-state index in [0.29, 0.717) is 38.2 Å². The summed E-state index contributed by atoms with van der Waals surface area (Å²) in [6.45, 7) is 3.45. The molecule has 0 saturated heterocycles. The van der Waals surface area contributed by atoms with E-state index in [9.17, 15) is 23.3 Å². The van der Waals surface area contributed by atoms with Crippen molar-refractivity contribution in [2.45, 2.75) is 26.6 Å². The SMILES string of the molecule is Cc1ccc(OCc2cccc(-c3nc4c5sc6nc(C(F)(F)F)cc(C)c6c5ncn4n3)c2)c([N+](=O)[O-])c1. The van der Waals surface area contributed by atoms with Gasteiger partial charge in [-0.3, -0.25) is 10.1 Å². The van der Waals surface area contributed by atoms with Gasteiger partial charge in [0, 0.05) is 17.0 Å². The fourth-order valence-electron chi connectivity index (χ4n) is 4.33. The van der Waals surface area contributed by atoms with E-state index in [1.54, 1.807) is 32.0 Å². The molecule has 0 aliphatic carbocycles. The van der Waals surface area contributed by atoms with Crippen LogP contribution in [0.4, 0.5) is 18.9 Å². The Kier molecular flexibility index (Phi) is 5.68. The zero-order valence-corrected chi connectivity index (χ0v) is 21.2. The zero-order valence-electron chi connectivity index (χ0n) is 20.4. The third kappa shape index (κ3) is 4.40. The molecule has 0 amide bonds. The average molecular weight is 551 g/mol. The molecule has 0 saturated carbocycles. The number of nitrogens with zero attached hydrogens (tertiary/aromatic N) is 6. The Bertz CT molecular complexity index is 1930. The van der Waals surface area contributed by atoms with Gasteiger partial charge in [0.25, 0.3) is 0 Å². The lowest BCUT2D eigenvalue weighted by Gasteiger charge is -2.08. The smallest absolute Gasteiger partial charge is 0.433 e. The molecule has 0 fully saturated rings. The number of hydrogen-bond acceptors (Lipinski definition) is 8. The molecule has 13 heteroatoms. The number of aromatic nitrogens is 5. The van der Waals surface area contributed by atoms with Gasteiger partial charge in [0.2, 0.25) is 0 Å². The van der Waals surface area contributed by atoms with Gasteiger partial charge in [-0.25, -0.2) is 19.5 Å². The molecule has 2 aromatic carbocycles. The van der Waals surface area contributed by atoms with Gasteiger partial charge in [0.1, 0.15) is 28.2 Å². The van der Waals surface area contributed by atoms with Gasteiger partial charge in [0.05, 0.1) is 10.4 Å². The number of fused-ring (bicyclic) bond motifs is 5. The summed E-state index contributed by atoms with van der Waals surface area (Å²) in [5, 5.41) is 16.5. The molecule has 4 heterocycles. The Balaban J connectivity index is 1.36. The third-order valence-electron chi connectivity index (χ3n) is 6.15. The molecule has 0 aliphatic heterocycles. The molecule has 0 N–H and O–H groups in total.